The zero-order valence-corrected chi connectivity index (χ0v) is 12.5. The van der Waals surface area contributed by atoms with Gasteiger partial charge in [0.2, 0.25) is 5.91 Å². The molecule has 1 aromatic rings. The molecule has 5 nitrogen and oxygen atoms in total. The summed E-state index contributed by atoms with van der Waals surface area (Å²) in [5.41, 5.74) is 2.26. The largest absolute Gasteiger partial charge is 0.481 e. The quantitative estimate of drug-likeness (QED) is 0.923. The van der Waals surface area contributed by atoms with Crippen LogP contribution in [0, 0.1) is 0 Å². The van der Waals surface area contributed by atoms with Gasteiger partial charge in [-0.3, -0.25) is 9.59 Å². The van der Waals surface area contributed by atoms with Crippen molar-refractivity contribution in [1.82, 2.24) is 4.90 Å². The van der Waals surface area contributed by atoms with Crippen molar-refractivity contribution in [2.24, 2.45) is 0 Å². The van der Waals surface area contributed by atoms with E-state index in [1.54, 1.807) is 4.90 Å². The number of hydrogen-bond donors (Lipinski definition) is 1. The third-order valence-corrected chi connectivity index (χ3v) is 4.51. The Labute approximate surface area is 129 Å². The molecule has 0 spiro atoms. The fourth-order valence-corrected chi connectivity index (χ4v) is 3.38. The molecule has 0 radical (unpaired) electrons. The number of fused-ring (bicyclic) bond motifs is 1. The number of benzene rings is 1. The van der Waals surface area contributed by atoms with Gasteiger partial charge in [0.15, 0.2) is 0 Å². The number of rotatable bonds is 4. The molecule has 118 valence electrons. The second-order valence-electron chi connectivity index (χ2n) is 6.09. The Balaban J connectivity index is 1.76. The monoisotopic (exact) mass is 303 g/mol. The lowest BCUT2D eigenvalue weighted by atomic mass is 9.91. The average molecular weight is 303 g/mol. The van der Waals surface area contributed by atoms with Crippen LogP contribution in [0.15, 0.2) is 24.3 Å². The smallest absolute Gasteiger partial charge is 0.305 e. The van der Waals surface area contributed by atoms with Crippen LogP contribution in [-0.4, -0.2) is 40.6 Å². The lowest BCUT2D eigenvalue weighted by molar-refractivity contribution is -0.142. The summed E-state index contributed by atoms with van der Waals surface area (Å²) in [6.45, 7) is 1.22. The fourth-order valence-electron chi connectivity index (χ4n) is 3.38. The topological polar surface area (TPSA) is 66.8 Å². The summed E-state index contributed by atoms with van der Waals surface area (Å²) >= 11 is 0. The lowest BCUT2D eigenvalue weighted by Crippen LogP contribution is -2.46. The molecule has 0 aliphatic carbocycles. The van der Waals surface area contributed by atoms with Gasteiger partial charge in [0, 0.05) is 19.2 Å². The van der Waals surface area contributed by atoms with E-state index < -0.39 is 5.97 Å². The van der Waals surface area contributed by atoms with Crippen LogP contribution < -0.4 is 0 Å². The Morgan fingerprint density at radius 1 is 1.23 bits per heavy atom. The molecule has 2 aliphatic rings. The minimum atomic E-state index is -0.862. The molecule has 0 saturated carbocycles. The standard InChI is InChI=1S/C17H21NO4/c19-16(10-15-6-3-7-22-15)18-11-13-5-2-1-4-12(13)8-14(18)9-17(20)21/h1-2,4-5,14-15H,3,6-11H2,(H,20,21)/t14-,15?/m0/s1. The number of amides is 1. The Hall–Kier alpha value is -1.88. The van der Waals surface area contributed by atoms with E-state index >= 15 is 0 Å². The maximum absolute atomic E-state index is 12.6. The predicted octanol–water partition coefficient (Wildman–Crippen LogP) is 1.98. The van der Waals surface area contributed by atoms with Crippen molar-refractivity contribution in [3.05, 3.63) is 35.4 Å². The van der Waals surface area contributed by atoms with Crippen LogP contribution in [0.4, 0.5) is 0 Å². The Bertz CT molecular complexity index is 566. The van der Waals surface area contributed by atoms with Crippen molar-refractivity contribution in [2.45, 2.75) is 50.8 Å². The molecule has 1 amide bonds. The molecule has 1 aromatic carbocycles. The van der Waals surface area contributed by atoms with Crippen LogP contribution in [0.25, 0.3) is 0 Å². The molecule has 2 heterocycles. The normalized spacial score (nSPS) is 24.1. The van der Waals surface area contributed by atoms with Crippen LogP contribution in [0.2, 0.25) is 0 Å². The van der Waals surface area contributed by atoms with Crippen molar-refractivity contribution < 1.29 is 19.4 Å². The third-order valence-electron chi connectivity index (χ3n) is 4.51. The molecule has 2 aliphatic heterocycles. The van der Waals surface area contributed by atoms with E-state index in [0.29, 0.717) is 19.4 Å². The number of carboxylic acid groups (broad SMARTS) is 1. The molecular weight excluding hydrogens is 282 g/mol. The molecule has 0 bridgehead atoms. The number of aliphatic carboxylic acids is 1. The van der Waals surface area contributed by atoms with Crippen LogP contribution >= 0.6 is 0 Å². The second-order valence-corrected chi connectivity index (χ2v) is 6.09. The van der Waals surface area contributed by atoms with Gasteiger partial charge in [-0.05, 0) is 30.4 Å². The summed E-state index contributed by atoms with van der Waals surface area (Å²) in [5, 5.41) is 9.13. The molecule has 1 fully saturated rings. The van der Waals surface area contributed by atoms with Crippen LogP contribution in [0.1, 0.15) is 36.8 Å². The van der Waals surface area contributed by atoms with Gasteiger partial charge in [-0.2, -0.15) is 0 Å². The summed E-state index contributed by atoms with van der Waals surface area (Å²) in [7, 11) is 0. The van der Waals surface area contributed by atoms with E-state index in [1.807, 2.05) is 24.3 Å². The lowest BCUT2D eigenvalue weighted by Gasteiger charge is -2.36. The highest BCUT2D eigenvalue weighted by molar-refractivity contribution is 5.78. The molecule has 2 atom stereocenters. The first-order valence-corrected chi connectivity index (χ1v) is 7.83. The van der Waals surface area contributed by atoms with E-state index in [-0.39, 0.29) is 24.5 Å². The summed E-state index contributed by atoms with van der Waals surface area (Å²) in [6, 6.07) is 7.69. The molecule has 1 N–H and O–H groups in total. The van der Waals surface area contributed by atoms with E-state index in [4.69, 9.17) is 9.84 Å². The first-order chi connectivity index (χ1) is 10.6. The van der Waals surface area contributed by atoms with Crippen LogP contribution in [0.5, 0.6) is 0 Å². The fraction of sp³-hybridized carbons (Fsp3) is 0.529. The first-order valence-electron chi connectivity index (χ1n) is 7.83. The van der Waals surface area contributed by atoms with Crippen molar-refractivity contribution in [1.29, 1.82) is 0 Å². The van der Waals surface area contributed by atoms with Crippen molar-refractivity contribution >= 4 is 11.9 Å². The van der Waals surface area contributed by atoms with Gasteiger partial charge in [-0.15, -0.1) is 0 Å². The highest BCUT2D eigenvalue weighted by Crippen LogP contribution is 2.27. The predicted molar refractivity (Wildman–Crippen MR) is 80.3 cm³/mol. The molecule has 22 heavy (non-hydrogen) atoms. The Morgan fingerprint density at radius 3 is 2.68 bits per heavy atom. The van der Waals surface area contributed by atoms with Crippen LogP contribution in [-0.2, 0) is 27.3 Å². The van der Waals surface area contributed by atoms with Crippen molar-refractivity contribution in [3.63, 3.8) is 0 Å². The molecule has 1 unspecified atom stereocenters. The summed E-state index contributed by atoms with van der Waals surface area (Å²) in [4.78, 5) is 25.5. The number of nitrogens with zero attached hydrogens (tertiary/aromatic N) is 1. The zero-order chi connectivity index (χ0) is 15.5. The van der Waals surface area contributed by atoms with Gasteiger partial charge in [-0.1, -0.05) is 24.3 Å². The molecule has 3 rings (SSSR count). The molecular formula is C17H21NO4. The zero-order valence-electron chi connectivity index (χ0n) is 12.5. The van der Waals surface area contributed by atoms with E-state index in [2.05, 4.69) is 0 Å². The van der Waals surface area contributed by atoms with Gasteiger partial charge >= 0.3 is 5.97 Å². The number of carboxylic acids is 1. The van der Waals surface area contributed by atoms with Gasteiger partial charge in [0.25, 0.3) is 0 Å². The van der Waals surface area contributed by atoms with Crippen molar-refractivity contribution in [2.75, 3.05) is 6.61 Å². The van der Waals surface area contributed by atoms with E-state index in [9.17, 15) is 9.59 Å². The number of carbonyl (C=O) groups excluding carboxylic acids is 1. The minimum absolute atomic E-state index is 0.00449. The number of hydrogen-bond acceptors (Lipinski definition) is 3. The molecule has 1 saturated heterocycles. The Morgan fingerprint density at radius 2 is 2.00 bits per heavy atom. The molecule has 5 heteroatoms. The maximum Gasteiger partial charge on any atom is 0.305 e. The second kappa shape index (κ2) is 6.48. The average Bonchev–Trinajstić information content (AvgIpc) is 2.98. The van der Waals surface area contributed by atoms with Gasteiger partial charge in [0.05, 0.1) is 18.9 Å². The highest BCUT2D eigenvalue weighted by atomic mass is 16.5. The van der Waals surface area contributed by atoms with Gasteiger partial charge in [0.1, 0.15) is 0 Å². The number of carbonyl (C=O) groups is 2. The molecule has 0 aromatic heterocycles. The van der Waals surface area contributed by atoms with E-state index in [0.717, 1.165) is 30.6 Å². The first kappa shape index (κ1) is 15.0. The summed E-state index contributed by atoms with van der Waals surface area (Å²) in [5.74, 6) is -0.855. The van der Waals surface area contributed by atoms with Gasteiger partial charge < -0.3 is 14.7 Å². The number of ether oxygens (including phenoxy) is 1. The van der Waals surface area contributed by atoms with E-state index in [1.165, 1.54) is 0 Å². The van der Waals surface area contributed by atoms with Crippen molar-refractivity contribution in [3.8, 4) is 0 Å². The maximum atomic E-state index is 12.6. The van der Waals surface area contributed by atoms with Gasteiger partial charge in [-0.25, -0.2) is 0 Å². The summed E-state index contributed by atoms with van der Waals surface area (Å²) < 4.78 is 5.54. The Kier molecular flexibility index (Phi) is 4.43. The highest BCUT2D eigenvalue weighted by Gasteiger charge is 2.32. The van der Waals surface area contributed by atoms with Crippen LogP contribution in [0.3, 0.4) is 0 Å². The SMILES string of the molecule is O=C(O)C[C@@H]1Cc2ccccc2CN1C(=O)CC1CCCO1. The minimum Gasteiger partial charge on any atom is -0.481 e. The third kappa shape index (κ3) is 3.30. The summed E-state index contributed by atoms with van der Waals surface area (Å²) in [6.07, 6.45) is 2.87.